The Kier molecular flexibility index (Phi) is 5.42. The van der Waals surface area contributed by atoms with E-state index < -0.39 is 0 Å². The summed E-state index contributed by atoms with van der Waals surface area (Å²) in [7, 11) is 0. The van der Waals surface area contributed by atoms with Crippen molar-refractivity contribution in [3.8, 4) is 11.1 Å². The van der Waals surface area contributed by atoms with E-state index in [-0.39, 0.29) is 10.8 Å². The van der Waals surface area contributed by atoms with Crippen molar-refractivity contribution < 1.29 is 0 Å². The van der Waals surface area contributed by atoms with Crippen molar-refractivity contribution >= 4 is 6.21 Å². The topological polar surface area (TPSA) is 25.2 Å². The molecule has 0 radical (unpaired) electrons. The molecule has 0 unspecified atom stereocenters. The van der Waals surface area contributed by atoms with Gasteiger partial charge in [-0.2, -0.15) is 0 Å². The van der Waals surface area contributed by atoms with E-state index in [1.54, 1.807) is 0 Å². The van der Waals surface area contributed by atoms with Crippen LogP contribution in [0.25, 0.3) is 11.1 Å². The van der Waals surface area contributed by atoms with Crippen LogP contribution in [0.2, 0.25) is 0 Å². The first kappa shape index (κ1) is 20.3. The Balaban J connectivity index is 1.71. The fourth-order valence-corrected chi connectivity index (χ4v) is 4.13. The van der Waals surface area contributed by atoms with Crippen LogP contribution in [0.1, 0.15) is 57.4 Å². The van der Waals surface area contributed by atoms with E-state index >= 15 is 0 Å². The van der Waals surface area contributed by atoms with E-state index in [0.29, 0.717) is 0 Å². The summed E-state index contributed by atoms with van der Waals surface area (Å²) in [6.07, 6.45) is 8.31. The zero-order chi connectivity index (χ0) is 21.2. The summed E-state index contributed by atoms with van der Waals surface area (Å²) in [6.45, 7) is 9.01. The number of rotatable bonds is 5. The van der Waals surface area contributed by atoms with Crippen molar-refractivity contribution in [2.75, 3.05) is 0 Å². The first-order chi connectivity index (χ1) is 14.4. The Morgan fingerprint density at radius 1 is 0.700 bits per heavy atom. The quantitative estimate of drug-likeness (QED) is 0.453. The number of aromatic nitrogens is 1. The molecule has 30 heavy (non-hydrogen) atoms. The summed E-state index contributed by atoms with van der Waals surface area (Å²) in [5, 5.41) is 0. The Hall–Kier alpha value is -3.00. The highest BCUT2D eigenvalue weighted by molar-refractivity contribution is 5.67. The van der Waals surface area contributed by atoms with Gasteiger partial charge in [-0.25, -0.2) is 0 Å². The summed E-state index contributed by atoms with van der Waals surface area (Å²) < 4.78 is 0. The number of nitrogens with zero attached hydrogens (tertiary/aromatic N) is 2. The fraction of sp³-hybridized carbons (Fsp3) is 0.286. The zero-order valence-electron chi connectivity index (χ0n) is 18.4. The molecule has 0 saturated carbocycles. The summed E-state index contributed by atoms with van der Waals surface area (Å²) in [4.78, 5) is 9.30. The van der Waals surface area contributed by atoms with Gasteiger partial charge in [-0.1, -0.05) is 88.4 Å². The minimum Gasteiger partial charge on any atom is -0.265 e. The van der Waals surface area contributed by atoms with E-state index in [4.69, 9.17) is 0 Å². The molecule has 1 aromatic heterocycles. The molecule has 1 aliphatic heterocycles. The molecule has 0 aliphatic carbocycles. The van der Waals surface area contributed by atoms with Crippen LogP contribution in [0.3, 0.4) is 0 Å². The van der Waals surface area contributed by atoms with Gasteiger partial charge in [0.25, 0.3) is 0 Å². The highest BCUT2D eigenvalue weighted by Crippen LogP contribution is 2.37. The van der Waals surface area contributed by atoms with E-state index in [2.05, 4.69) is 104 Å². The van der Waals surface area contributed by atoms with Gasteiger partial charge < -0.3 is 0 Å². The molecule has 3 aromatic rings. The van der Waals surface area contributed by atoms with Crippen molar-refractivity contribution in [1.82, 2.24) is 4.98 Å². The molecule has 152 valence electrons. The maximum atomic E-state index is 4.69. The first-order valence-corrected chi connectivity index (χ1v) is 10.8. The molecule has 2 aromatic carbocycles. The SMILES string of the molecule is CC(C)(C1=CCCC=N1)c1cccc(-c2cccc(C(C)(C)c3ccccn3)c2)c1. The van der Waals surface area contributed by atoms with Gasteiger partial charge in [0.1, 0.15) is 0 Å². The number of allylic oxidation sites excluding steroid dienone is 2. The summed E-state index contributed by atoms with van der Waals surface area (Å²) >= 11 is 0. The average Bonchev–Trinajstić information content (AvgIpc) is 2.80. The second kappa shape index (κ2) is 8.02. The summed E-state index contributed by atoms with van der Waals surface area (Å²) in [5.74, 6) is 0. The van der Waals surface area contributed by atoms with Crippen LogP contribution in [0.5, 0.6) is 0 Å². The number of hydrogen-bond acceptors (Lipinski definition) is 2. The lowest BCUT2D eigenvalue weighted by molar-refractivity contribution is 0.609. The van der Waals surface area contributed by atoms with E-state index in [0.717, 1.165) is 24.2 Å². The zero-order valence-corrected chi connectivity index (χ0v) is 18.4. The van der Waals surface area contributed by atoms with E-state index in [9.17, 15) is 0 Å². The van der Waals surface area contributed by atoms with Crippen LogP contribution in [0, 0.1) is 0 Å². The molecular weight excluding hydrogens is 364 g/mol. The van der Waals surface area contributed by atoms with Crippen molar-refractivity contribution in [2.24, 2.45) is 4.99 Å². The van der Waals surface area contributed by atoms with Crippen molar-refractivity contribution in [3.63, 3.8) is 0 Å². The fourth-order valence-electron chi connectivity index (χ4n) is 4.13. The normalized spacial score (nSPS) is 14.5. The lowest BCUT2D eigenvalue weighted by Gasteiger charge is -2.28. The smallest absolute Gasteiger partial charge is 0.0503 e. The van der Waals surface area contributed by atoms with Crippen LogP contribution in [0.4, 0.5) is 0 Å². The van der Waals surface area contributed by atoms with Gasteiger partial charge in [0, 0.05) is 28.9 Å². The molecule has 0 amide bonds. The molecule has 0 bridgehead atoms. The van der Waals surface area contributed by atoms with Gasteiger partial charge in [-0.05, 0) is 47.2 Å². The minimum absolute atomic E-state index is 0.113. The Bertz CT molecular complexity index is 1090. The second-order valence-corrected chi connectivity index (χ2v) is 9.10. The number of hydrogen-bond donors (Lipinski definition) is 0. The highest BCUT2D eigenvalue weighted by Gasteiger charge is 2.27. The molecule has 0 spiro atoms. The molecule has 0 atom stereocenters. The molecular formula is C28H30N2. The second-order valence-electron chi connectivity index (χ2n) is 9.10. The maximum Gasteiger partial charge on any atom is 0.0503 e. The molecule has 0 fully saturated rings. The molecule has 2 heterocycles. The Morgan fingerprint density at radius 2 is 1.37 bits per heavy atom. The third-order valence-electron chi connectivity index (χ3n) is 6.31. The molecule has 4 rings (SSSR count). The van der Waals surface area contributed by atoms with Crippen LogP contribution >= 0.6 is 0 Å². The van der Waals surface area contributed by atoms with Gasteiger partial charge in [0.15, 0.2) is 0 Å². The van der Waals surface area contributed by atoms with E-state index in [1.165, 1.54) is 22.3 Å². The van der Waals surface area contributed by atoms with Crippen molar-refractivity contribution in [3.05, 3.63) is 102 Å². The molecule has 2 heteroatoms. The number of pyridine rings is 1. The van der Waals surface area contributed by atoms with Gasteiger partial charge in [-0.3, -0.25) is 9.98 Å². The van der Waals surface area contributed by atoms with Crippen LogP contribution in [-0.4, -0.2) is 11.2 Å². The Morgan fingerprint density at radius 3 is 1.93 bits per heavy atom. The maximum absolute atomic E-state index is 4.69. The minimum atomic E-state index is -0.157. The van der Waals surface area contributed by atoms with Gasteiger partial charge in [0.05, 0.1) is 5.69 Å². The molecule has 1 aliphatic rings. The lowest BCUT2D eigenvalue weighted by Crippen LogP contribution is -2.21. The van der Waals surface area contributed by atoms with Crippen LogP contribution in [0.15, 0.2) is 89.7 Å². The van der Waals surface area contributed by atoms with Crippen LogP contribution < -0.4 is 0 Å². The summed E-state index contributed by atoms with van der Waals surface area (Å²) in [6, 6.07) is 23.9. The predicted octanol–water partition coefficient (Wildman–Crippen LogP) is 7.10. The van der Waals surface area contributed by atoms with Crippen molar-refractivity contribution in [1.29, 1.82) is 0 Å². The third kappa shape index (κ3) is 3.87. The van der Waals surface area contributed by atoms with Gasteiger partial charge in [0.2, 0.25) is 0 Å². The number of benzene rings is 2. The van der Waals surface area contributed by atoms with Crippen molar-refractivity contribution in [2.45, 2.75) is 51.4 Å². The molecule has 0 saturated heterocycles. The third-order valence-corrected chi connectivity index (χ3v) is 6.31. The standard InChI is InChI=1S/C28H30N2/c1-27(2,25-15-5-7-17-29-25)23-13-9-11-21(19-23)22-12-10-14-24(20-22)28(3,4)26-16-6-8-18-30-26/h5,7,9-20H,6,8H2,1-4H3. The first-order valence-electron chi connectivity index (χ1n) is 10.8. The summed E-state index contributed by atoms with van der Waals surface area (Å²) in [5.41, 5.74) is 7.00. The Labute approximate surface area is 180 Å². The lowest BCUT2D eigenvalue weighted by atomic mass is 9.78. The predicted molar refractivity (Wildman–Crippen MR) is 127 cm³/mol. The number of aliphatic imine (C=N–C) groups is 1. The largest absolute Gasteiger partial charge is 0.265 e. The average molecular weight is 395 g/mol. The van der Waals surface area contributed by atoms with E-state index in [1.807, 2.05) is 18.5 Å². The van der Waals surface area contributed by atoms with Gasteiger partial charge in [-0.15, -0.1) is 0 Å². The highest BCUT2D eigenvalue weighted by atomic mass is 14.8. The van der Waals surface area contributed by atoms with Crippen LogP contribution in [-0.2, 0) is 10.8 Å². The monoisotopic (exact) mass is 394 g/mol. The molecule has 2 nitrogen and oxygen atoms in total. The molecule has 0 N–H and O–H groups in total. The van der Waals surface area contributed by atoms with Gasteiger partial charge >= 0.3 is 0 Å².